The molecule has 1 heterocycles. The molecular formula is C16H25ClN2O. The summed E-state index contributed by atoms with van der Waals surface area (Å²) in [5.41, 5.74) is 4.43. The van der Waals surface area contributed by atoms with Crippen LogP contribution in [0.2, 0.25) is 0 Å². The number of nitrogens with one attached hydrogen (secondary N) is 1. The number of aryl methyl sites for hydroxylation is 2. The minimum atomic E-state index is -0.00694. The molecule has 0 aliphatic carbocycles. The molecule has 0 aliphatic rings. The van der Waals surface area contributed by atoms with Gasteiger partial charge in [0.1, 0.15) is 12.4 Å². The number of aromatic nitrogens is 2. The summed E-state index contributed by atoms with van der Waals surface area (Å²) in [6, 6.07) is 6.76. The largest absolute Gasteiger partial charge is 0.388 e. The van der Waals surface area contributed by atoms with E-state index in [9.17, 15) is 0 Å². The minimum absolute atomic E-state index is 0. The molecule has 20 heavy (non-hydrogen) atoms. The van der Waals surface area contributed by atoms with E-state index in [1.165, 1.54) is 16.7 Å². The molecule has 112 valence electrons. The van der Waals surface area contributed by atoms with Gasteiger partial charge in [0, 0.05) is 12.4 Å². The fourth-order valence-electron chi connectivity index (χ4n) is 1.79. The summed E-state index contributed by atoms with van der Waals surface area (Å²) in [5.74, 6) is 0.611. The molecule has 0 unspecified atom stereocenters. The summed E-state index contributed by atoms with van der Waals surface area (Å²) >= 11 is 0. The molecule has 4 heteroatoms. The third-order valence-electron chi connectivity index (χ3n) is 2.79. The highest BCUT2D eigenvalue weighted by atomic mass is 35.5. The maximum atomic E-state index is 8.33. The van der Waals surface area contributed by atoms with Crippen molar-refractivity contribution >= 4 is 12.4 Å². The Morgan fingerprint density at radius 3 is 1.95 bits per heavy atom. The van der Waals surface area contributed by atoms with Crippen LogP contribution in [0.4, 0.5) is 0 Å². The lowest BCUT2D eigenvalue weighted by molar-refractivity contribution is 0.272. The Morgan fingerprint density at radius 2 is 1.65 bits per heavy atom. The van der Waals surface area contributed by atoms with Crippen molar-refractivity contribution in [3.05, 3.63) is 53.1 Å². The molecule has 3 nitrogen and oxygen atoms in total. The second-order valence-electron chi connectivity index (χ2n) is 5.82. The van der Waals surface area contributed by atoms with Gasteiger partial charge in [-0.3, -0.25) is 0 Å². The fourth-order valence-corrected chi connectivity index (χ4v) is 1.79. The van der Waals surface area contributed by atoms with E-state index in [0.717, 1.165) is 0 Å². The van der Waals surface area contributed by atoms with E-state index >= 15 is 0 Å². The number of hydrogen-bond donors (Lipinski definition) is 2. The Hall–Kier alpha value is -1.32. The predicted molar refractivity (Wildman–Crippen MR) is 86.4 cm³/mol. The first-order valence-corrected chi connectivity index (χ1v) is 6.51. The van der Waals surface area contributed by atoms with Gasteiger partial charge in [-0.1, -0.05) is 50.1 Å². The van der Waals surface area contributed by atoms with E-state index < -0.39 is 0 Å². The summed E-state index contributed by atoms with van der Waals surface area (Å²) < 4.78 is 0. The average Bonchev–Trinajstić information content (AvgIpc) is 2.80. The first-order valence-electron chi connectivity index (χ1n) is 6.51. The van der Waals surface area contributed by atoms with Crippen LogP contribution in [-0.2, 0) is 12.0 Å². The lowest BCUT2D eigenvalue weighted by Crippen LogP contribution is -2.11. The molecule has 0 amide bonds. The van der Waals surface area contributed by atoms with Gasteiger partial charge in [0.05, 0.1) is 0 Å². The van der Waals surface area contributed by atoms with Gasteiger partial charge in [0.15, 0.2) is 0 Å². The van der Waals surface area contributed by atoms with Crippen LogP contribution in [0.5, 0.6) is 0 Å². The fraction of sp³-hybridized carbons (Fsp3) is 0.438. The number of halogens is 1. The second kappa shape index (κ2) is 8.08. The molecule has 0 fully saturated rings. The van der Waals surface area contributed by atoms with Crippen molar-refractivity contribution in [3.63, 3.8) is 0 Å². The van der Waals surface area contributed by atoms with Crippen LogP contribution in [-0.4, -0.2) is 15.1 Å². The molecule has 0 saturated heterocycles. The van der Waals surface area contributed by atoms with Crippen molar-refractivity contribution in [3.8, 4) is 0 Å². The van der Waals surface area contributed by atoms with Gasteiger partial charge in [-0.2, -0.15) is 0 Å². The maximum absolute atomic E-state index is 8.33. The third kappa shape index (κ3) is 6.22. The van der Waals surface area contributed by atoms with Crippen molar-refractivity contribution < 1.29 is 5.11 Å². The molecule has 0 aliphatic heterocycles. The number of benzene rings is 1. The minimum Gasteiger partial charge on any atom is -0.388 e. The first kappa shape index (κ1) is 18.7. The topological polar surface area (TPSA) is 48.9 Å². The second-order valence-corrected chi connectivity index (χ2v) is 5.82. The van der Waals surface area contributed by atoms with Gasteiger partial charge in [0.25, 0.3) is 0 Å². The van der Waals surface area contributed by atoms with Crippen molar-refractivity contribution in [1.82, 2.24) is 9.97 Å². The molecular weight excluding hydrogens is 272 g/mol. The molecule has 0 radical (unpaired) electrons. The molecule has 0 spiro atoms. The van der Waals surface area contributed by atoms with Gasteiger partial charge in [-0.05, 0) is 24.8 Å². The van der Waals surface area contributed by atoms with E-state index in [0.29, 0.717) is 5.82 Å². The molecule has 1 aromatic carbocycles. The van der Waals surface area contributed by atoms with Crippen LogP contribution < -0.4 is 0 Å². The number of nitrogens with zero attached hydrogens (tertiary/aromatic N) is 1. The monoisotopic (exact) mass is 296 g/mol. The van der Waals surface area contributed by atoms with Crippen molar-refractivity contribution in [2.24, 2.45) is 0 Å². The number of aliphatic hydroxyl groups is 1. The standard InChI is InChI=1S/C12H18.C4H6N2O.ClH/c1-9-6-10(2)8-11(7-9)12(3,4)5;7-3-4-5-1-2-6-4;/h6-8H,1-5H3;1-2,7H,3H2,(H,5,6);1H. The predicted octanol–water partition coefficient (Wildman–Crippen LogP) is 3.92. The number of rotatable bonds is 1. The molecule has 0 bridgehead atoms. The Bertz CT molecular complexity index is 481. The Kier molecular flexibility index (Phi) is 7.54. The number of aromatic amines is 1. The van der Waals surface area contributed by atoms with E-state index in [1.807, 2.05) is 0 Å². The number of imidazole rings is 1. The Morgan fingerprint density at radius 1 is 1.10 bits per heavy atom. The lowest BCUT2D eigenvalue weighted by Gasteiger charge is -2.20. The molecule has 0 atom stereocenters. The van der Waals surface area contributed by atoms with Crippen molar-refractivity contribution in [2.45, 2.75) is 46.6 Å². The van der Waals surface area contributed by atoms with Gasteiger partial charge < -0.3 is 10.1 Å². The third-order valence-corrected chi connectivity index (χ3v) is 2.79. The normalized spacial score (nSPS) is 10.3. The van der Waals surface area contributed by atoms with Crippen molar-refractivity contribution in [1.29, 1.82) is 0 Å². The van der Waals surface area contributed by atoms with Crippen LogP contribution in [0.25, 0.3) is 0 Å². The number of H-pyrrole nitrogens is 1. The van der Waals surface area contributed by atoms with Gasteiger partial charge >= 0.3 is 0 Å². The molecule has 2 aromatic rings. The highest BCUT2D eigenvalue weighted by molar-refractivity contribution is 5.85. The SMILES string of the molecule is Cc1cc(C)cc(C(C)(C)C)c1.Cl.OCc1ncc[nH]1. The zero-order valence-corrected chi connectivity index (χ0v) is 13.7. The van der Waals surface area contributed by atoms with Crippen molar-refractivity contribution in [2.75, 3.05) is 0 Å². The number of aliphatic hydroxyl groups excluding tert-OH is 1. The van der Waals surface area contributed by atoms with Crippen LogP contribution in [0.15, 0.2) is 30.6 Å². The molecule has 0 saturated carbocycles. The van der Waals surface area contributed by atoms with Gasteiger partial charge in [-0.15, -0.1) is 12.4 Å². The van der Waals surface area contributed by atoms with Crippen LogP contribution in [0.3, 0.4) is 0 Å². The lowest BCUT2D eigenvalue weighted by atomic mass is 9.85. The highest BCUT2D eigenvalue weighted by Gasteiger charge is 2.13. The van der Waals surface area contributed by atoms with Crippen LogP contribution in [0, 0.1) is 13.8 Å². The van der Waals surface area contributed by atoms with E-state index in [4.69, 9.17) is 5.11 Å². The van der Waals surface area contributed by atoms with Crippen LogP contribution in [0.1, 0.15) is 43.3 Å². The van der Waals surface area contributed by atoms with E-state index in [2.05, 4.69) is 62.8 Å². The summed E-state index contributed by atoms with van der Waals surface area (Å²) in [4.78, 5) is 6.45. The first-order chi connectivity index (χ1) is 8.82. The highest BCUT2D eigenvalue weighted by Crippen LogP contribution is 2.23. The maximum Gasteiger partial charge on any atom is 0.131 e. The van der Waals surface area contributed by atoms with Gasteiger partial charge in [-0.25, -0.2) is 4.98 Å². The zero-order valence-electron chi connectivity index (χ0n) is 12.9. The molecule has 2 N–H and O–H groups in total. The smallest absolute Gasteiger partial charge is 0.131 e. The van der Waals surface area contributed by atoms with Gasteiger partial charge in [0.2, 0.25) is 0 Å². The average molecular weight is 297 g/mol. The summed E-state index contributed by atoms with van der Waals surface area (Å²) in [6.07, 6.45) is 3.27. The number of hydrogen-bond acceptors (Lipinski definition) is 2. The van der Waals surface area contributed by atoms with Crippen LogP contribution >= 0.6 is 12.4 Å². The Balaban J connectivity index is 0.000000387. The summed E-state index contributed by atoms with van der Waals surface area (Å²) in [6.45, 7) is 11.1. The Labute approximate surface area is 127 Å². The zero-order chi connectivity index (χ0) is 14.5. The quantitative estimate of drug-likeness (QED) is 0.838. The van der Waals surface area contributed by atoms with E-state index in [1.54, 1.807) is 12.4 Å². The summed E-state index contributed by atoms with van der Waals surface area (Å²) in [5, 5.41) is 8.33. The molecule has 1 aromatic heterocycles. The van der Waals surface area contributed by atoms with E-state index in [-0.39, 0.29) is 24.4 Å². The summed E-state index contributed by atoms with van der Waals surface area (Å²) in [7, 11) is 0. The molecule has 2 rings (SSSR count).